The molecule has 16 heavy (non-hydrogen) atoms. The Labute approximate surface area is 96.4 Å². The topological polar surface area (TPSA) is 24.5 Å². The maximum absolute atomic E-state index is 5.63. The van der Waals surface area contributed by atoms with Gasteiger partial charge in [-0.2, -0.15) is 0 Å². The van der Waals surface area contributed by atoms with E-state index in [2.05, 4.69) is 35.5 Å². The molecule has 1 fully saturated rings. The van der Waals surface area contributed by atoms with Crippen molar-refractivity contribution in [1.29, 1.82) is 0 Å². The van der Waals surface area contributed by atoms with Crippen molar-refractivity contribution in [2.75, 3.05) is 33.3 Å². The molecule has 86 valence electrons. The normalized spacial score (nSPS) is 25.2. The van der Waals surface area contributed by atoms with Crippen molar-refractivity contribution in [2.45, 2.75) is 12.5 Å². The smallest absolute Gasteiger partial charge is 0.122 e. The quantitative estimate of drug-likeness (QED) is 0.766. The Bertz CT molecular complexity index is 392. The second kappa shape index (κ2) is 4.07. The lowest BCUT2D eigenvalue weighted by molar-refractivity contribution is 0.202. The van der Waals surface area contributed by atoms with Crippen LogP contribution in [0, 0.1) is 0 Å². The predicted octanol–water partition coefficient (Wildman–Crippen LogP) is 1.20. The molecule has 0 spiro atoms. The molecule has 0 aromatic heterocycles. The molecule has 2 aliphatic rings. The van der Waals surface area contributed by atoms with E-state index in [9.17, 15) is 0 Å². The van der Waals surface area contributed by atoms with Crippen molar-refractivity contribution in [3.63, 3.8) is 0 Å². The summed E-state index contributed by atoms with van der Waals surface area (Å²) in [6.07, 6.45) is 1.06. The number of nitrogens with zero attached hydrogens (tertiary/aromatic N) is 1. The number of hydrogen-bond donors (Lipinski definition) is 1. The van der Waals surface area contributed by atoms with Crippen LogP contribution in [0.15, 0.2) is 18.2 Å². The molecule has 1 aromatic carbocycles. The van der Waals surface area contributed by atoms with Crippen molar-refractivity contribution in [3.05, 3.63) is 29.3 Å². The van der Waals surface area contributed by atoms with Gasteiger partial charge in [0, 0.05) is 32.1 Å². The molecule has 2 aliphatic heterocycles. The lowest BCUT2D eigenvalue weighted by atomic mass is 10.0. The summed E-state index contributed by atoms with van der Waals surface area (Å²) >= 11 is 0. The van der Waals surface area contributed by atoms with Gasteiger partial charge in [0.25, 0.3) is 0 Å². The molecule has 1 atom stereocenters. The van der Waals surface area contributed by atoms with Crippen LogP contribution < -0.4 is 10.1 Å². The summed E-state index contributed by atoms with van der Waals surface area (Å²) in [6.45, 7) is 4.09. The van der Waals surface area contributed by atoms with E-state index in [4.69, 9.17) is 4.74 Å². The Hall–Kier alpha value is -1.06. The van der Waals surface area contributed by atoms with Crippen molar-refractivity contribution < 1.29 is 4.74 Å². The van der Waals surface area contributed by atoms with Gasteiger partial charge in [-0.1, -0.05) is 12.1 Å². The molecule has 0 radical (unpaired) electrons. The second-order valence-corrected chi connectivity index (χ2v) is 4.67. The zero-order valence-corrected chi connectivity index (χ0v) is 9.70. The van der Waals surface area contributed by atoms with Crippen LogP contribution in [0.4, 0.5) is 0 Å². The Balaban J connectivity index is 1.88. The van der Waals surface area contributed by atoms with E-state index in [1.54, 1.807) is 0 Å². The van der Waals surface area contributed by atoms with Crippen molar-refractivity contribution in [2.24, 2.45) is 0 Å². The molecule has 1 N–H and O–H groups in total. The molecular weight excluding hydrogens is 200 g/mol. The first-order chi connectivity index (χ1) is 7.84. The molecule has 0 aliphatic carbocycles. The number of hydrogen-bond acceptors (Lipinski definition) is 3. The molecule has 1 aromatic rings. The molecular formula is C13H18N2O. The largest absolute Gasteiger partial charge is 0.493 e. The number of piperazine rings is 1. The van der Waals surface area contributed by atoms with E-state index in [0.29, 0.717) is 6.04 Å². The van der Waals surface area contributed by atoms with E-state index < -0.39 is 0 Å². The van der Waals surface area contributed by atoms with Gasteiger partial charge < -0.3 is 10.1 Å². The Morgan fingerprint density at radius 2 is 2.38 bits per heavy atom. The highest BCUT2D eigenvalue weighted by atomic mass is 16.5. The molecule has 0 bridgehead atoms. The number of nitrogens with one attached hydrogen (secondary N) is 1. The van der Waals surface area contributed by atoms with Crippen LogP contribution in [0.3, 0.4) is 0 Å². The third-order valence-electron chi connectivity index (χ3n) is 3.62. The minimum atomic E-state index is 0.489. The van der Waals surface area contributed by atoms with E-state index in [-0.39, 0.29) is 0 Å². The number of ether oxygens (including phenoxy) is 1. The van der Waals surface area contributed by atoms with Crippen LogP contribution in [0.25, 0.3) is 0 Å². The summed E-state index contributed by atoms with van der Waals surface area (Å²) in [6, 6.07) is 7.18. The van der Waals surface area contributed by atoms with Crippen LogP contribution in [0.1, 0.15) is 17.2 Å². The van der Waals surface area contributed by atoms with Crippen molar-refractivity contribution in [1.82, 2.24) is 10.2 Å². The van der Waals surface area contributed by atoms with Gasteiger partial charge in [-0.3, -0.25) is 4.90 Å². The number of fused-ring (bicyclic) bond motifs is 1. The summed E-state index contributed by atoms with van der Waals surface area (Å²) in [5, 5.41) is 3.45. The van der Waals surface area contributed by atoms with Gasteiger partial charge in [0.15, 0.2) is 0 Å². The zero-order valence-electron chi connectivity index (χ0n) is 9.70. The van der Waals surface area contributed by atoms with Crippen LogP contribution in [-0.4, -0.2) is 38.2 Å². The van der Waals surface area contributed by atoms with Crippen molar-refractivity contribution in [3.8, 4) is 5.75 Å². The van der Waals surface area contributed by atoms with Crippen LogP contribution >= 0.6 is 0 Å². The molecule has 3 nitrogen and oxygen atoms in total. The second-order valence-electron chi connectivity index (χ2n) is 4.67. The van der Waals surface area contributed by atoms with Crippen LogP contribution in [0.5, 0.6) is 5.75 Å². The summed E-state index contributed by atoms with van der Waals surface area (Å²) < 4.78 is 5.63. The highest BCUT2D eigenvalue weighted by Crippen LogP contribution is 2.30. The molecule has 0 amide bonds. The predicted molar refractivity (Wildman–Crippen MR) is 63.9 cm³/mol. The monoisotopic (exact) mass is 218 g/mol. The number of rotatable bonds is 1. The van der Waals surface area contributed by atoms with Gasteiger partial charge in [-0.05, 0) is 24.2 Å². The highest BCUT2D eigenvalue weighted by Gasteiger charge is 2.22. The maximum Gasteiger partial charge on any atom is 0.122 e. The Morgan fingerprint density at radius 1 is 1.44 bits per heavy atom. The van der Waals surface area contributed by atoms with E-state index in [1.165, 1.54) is 11.1 Å². The zero-order chi connectivity index (χ0) is 11.0. The third-order valence-corrected chi connectivity index (χ3v) is 3.62. The van der Waals surface area contributed by atoms with Gasteiger partial charge in [-0.15, -0.1) is 0 Å². The lowest BCUT2D eigenvalue weighted by Crippen LogP contribution is -2.43. The molecule has 1 saturated heterocycles. The fourth-order valence-corrected chi connectivity index (χ4v) is 2.57. The molecule has 2 heterocycles. The van der Waals surface area contributed by atoms with Crippen LogP contribution in [0.2, 0.25) is 0 Å². The first-order valence-electron chi connectivity index (χ1n) is 6.01. The molecule has 1 unspecified atom stereocenters. The fraction of sp³-hybridized carbons (Fsp3) is 0.538. The Kier molecular flexibility index (Phi) is 2.58. The van der Waals surface area contributed by atoms with Crippen molar-refractivity contribution >= 4 is 0 Å². The third kappa shape index (κ3) is 1.70. The minimum absolute atomic E-state index is 0.489. The van der Waals surface area contributed by atoms with E-state index in [0.717, 1.165) is 38.4 Å². The summed E-state index contributed by atoms with van der Waals surface area (Å²) in [5.74, 6) is 1.09. The fourth-order valence-electron chi connectivity index (χ4n) is 2.57. The minimum Gasteiger partial charge on any atom is -0.493 e. The first-order valence-corrected chi connectivity index (χ1v) is 6.01. The number of benzene rings is 1. The Morgan fingerprint density at radius 3 is 3.25 bits per heavy atom. The molecule has 0 saturated carbocycles. The maximum atomic E-state index is 5.63. The van der Waals surface area contributed by atoms with Crippen LogP contribution in [-0.2, 0) is 6.42 Å². The van der Waals surface area contributed by atoms with E-state index in [1.807, 2.05) is 0 Å². The standard InChI is InChI=1S/C13H18N2O/c1-15-6-5-14-9-12(15)11-3-2-10-4-7-16-13(10)8-11/h2-3,8,12,14H,4-7,9H2,1H3. The molecule has 3 rings (SSSR count). The van der Waals surface area contributed by atoms with Gasteiger partial charge >= 0.3 is 0 Å². The van der Waals surface area contributed by atoms with E-state index >= 15 is 0 Å². The molecule has 3 heteroatoms. The SMILES string of the molecule is CN1CCNCC1c1ccc2c(c1)OCC2. The van der Waals surface area contributed by atoms with Gasteiger partial charge in [-0.25, -0.2) is 0 Å². The lowest BCUT2D eigenvalue weighted by Gasteiger charge is -2.33. The van der Waals surface area contributed by atoms with Gasteiger partial charge in [0.1, 0.15) is 5.75 Å². The average molecular weight is 218 g/mol. The summed E-state index contributed by atoms with van der Waals surface area (Å²) in [7, 11) is 2.19. The van der Waals surface area contributed by atoms with Gasteiger partial charge in [0.2, 0.25) is 0 Å². The average Bonchev–Trinajstić information content (AvgIpc) is 2.76. The highest BCUT2D eigenvalue weighted by molar-refractivity contribution is 5.41. The number of likely N-dealkylation sites (N-methyl/N-ethyl adjacent to an activating group) is 1. The van der Waals surface area contributed by atoms with Gasteiger partial charge in [0.05, 0.1) is 6.61 Å². The first kappa shape index (κ1) is 10.1. The summed E-state index contributed by atoms with van der Waals surface area (Å²) in [5.41, 5.74) is 2.73. The summed E-state index contributed by atoms with van der Waals surface area (Å²) in [4.78, 5) is 2.41.